The van der Waals surface area contributed by atoms with Gasteiger partial charge in [-0.1, -0.05) is 23.7 Å². The second-order valence-electron chi connectivity index (χ2n) is 3.91. The van der Waals surface area contributed by atoms with Gasteiger partial charge >= 0.3 is 11.8 Å². The van der Waals surface area contributed by atoms with Crippen LogP contribution in [-0.4, -0.2) is 16.8 Å². The van der Waals surface area contributed by atoms with E-state index in [1.54, 1.807) is 18.2 Å². The molecule has 0 spiro atoms. The molecule has 0 fully saturated rings. The number of pyridine rings is 1. The van der Waals surface area contributed by atoms with Crippen molar-refractivity contribution in [2.45, 2.75) is 0 Å². The number of carbonyl (C=O) groups excluding carboxylic acids is 2. The zero-order valence-electron chi connectivity index (χ0n) is 10.6. The summed E-state index contributed by atoms with van der Waals surface area (Å²) in [4.78, 5) is 27.4. The summed E-state index contributed by atoms with van der Waals surface area (Å²) in [6.07, 6.45) is 1.46. The minimum atomic E-state index is -0.905. The Hall–Kier alpha value is -2.91. The van der Waals surface area contributed by atoms with Gasteiger partial charge in [0, 0.05) is 6.20 Å². The zero-order chi connectivity index (χ0) is 15.2. The number of rotatable bonds is 2. The molecule has 0 atom stereocenters. The van der Waals surface area contributed by atoms with Crippen LogP contribution in [0.5, 0.6) is 0 Å². The van der Waals surface area contributed by atoms with E-state index in [2.05, 4.69) is 15.6 Å². The lowest BCUT2D eigenvalue weighted by atomic mass is 10.2. The van der Waals surface area contributed by atoms with Crippen LogP contribution in [0.3, 0.4) is 0 Å². The molecule has 0 saturated heterocycles. The van der Waals surface area contributed by atoms with Crippen molar-refractivity contribution < 1.29 is 9.59 Å². The number of nitriles is 1. The molecule has 2 amide bonds. The molecule has 1 aromatic heterocycles. The Morgan fingerprint density at radius 1 is 1.05 bits per heavy atom. The SMILES string of the molecule is N#Cc1ccccc1NC(=O)C(=O)Nc1cccnc1Cl. The van der Waals surface area contributed by atoms with Crippen LogP contribution >= 0.6 is 11.6 Å². The fourth-order valence-corrected chi connectivity index (χ4v) is 1.69. The van der Waals surface area contributed by atoms with Crippen LogP contribution in [0.15, 0.2) is 42.6 Å². The molecule has 0 saturated carbocycles. The number of hydrogen-bond acceptors (Lipinski definition) is 4. The predicted octanol–water partition coefficient (Wildman–Crippen LogP) is 2.18. The van der Waals surface area contributed by atoms with Crippen LogP contribution in [-0.2, 0) is 9.59 Å². The lowest BCUT2D eigenvalue weighted by Crippen LogP contribution is -2.29. The summed E-state index contributed by atoms with van der Waals surface area (Å²) >= 11 is 5.78. The molecule has 0 aliphatic carbocycles. The Bertz CT molecular complexity index is 740. The quantitative estimate of drug-likeness (QED) is 0.656. The van der Waals surface area contributed by atoms with Crippen LogP contribution in [0, 0.1) is 11.3 Å². The Balaban J connectivity index is 2.09. The van der Waals surface area contributed by atoms with Crippen LogP contribution in [0.25, 0.3) is 0 Å². The molecule has 104 valence electrons. The van der Waals surface area contributed by atoms with Crippen LogP contribution < -0.4 is 10.6 Å². The van der Waals surface area contributed by atoms with Gasteiger partial charge in [-0.25, -0.2) is 4.98 Å². The Morgan fingerprint density at radius 2 is 1.67 bits per heavy atom. The summed E-state index contributed by atoms with van der Waals surface area (Å²) in [6.45, 7) is 0. The minimum Gasteiger partial charge on any atom is -0.317 e. The monoisotopic (exact) mass is 300 g/mol. The molecule has 1 aromatic carbocycles. The Labute approximate surface area is 125 Å². The molecule has 0 unspecified atom stereocenters. The van der Waals surface area contributed by atoms with Crippen molar-refractivity contribution in [1.29, 1.82) is 5.26 Å². The first-order chi connectivity index (χ1) is 10.1. The van der Waals surface area contributed by atoms with Gasteiger partial charge in [0.2, 0.25) is 0 Å². The number of nitrogens with one attached hydrogen (secondary N) is 2. The normalized spacial score (nSPS) is 9.52. The summed E-state index contributed by atoms with van der Waals surface area (Å²) in [7, 11) is 0. The van der Waals surface area contributed by atoms with Crippen molar-refractivity contribution in [3.05, 3.63) is 53.3 Å². The number of halogens is 1. The third-order valence-electron chi connectivity index (χ3n) is 2.51. The number of anilines is 2. The molecule has 0 bridgehead atoms. The van der Waals surface area contributed by atoms with Gasteiger partial charge in [-0.15, -0.1) is 0 Å². The van der Waals surface area contributed by atoms with Crippen molar-refractivity contribution >= 4 is 34.8 Å². The van der Waals surface area contributed by atoms with Gasteiger partial charge in [-0.2, -0.15) is 5.26 Å². The van der Waals surface area contributed by atoms with E-state index in [0.717, 1.165) is 0 Å². The molecule has 0 aliphatic rings. The van der Waals surface area contributed by atoms with Gasteiger partial charge < -0.3 is 10.6 Å². The van der Waals surface area contributed by atoms with Crippen LogP contribution in [0.4, 0.5) is 11.4 Å². The van der Waals surface area contributed by atoms with E-state index in [1.165, 1.54) is 24.4 Å². The molecule has 1 heterocycles. The van der Waals surface area contributed by atoms with E-state index >= 15 is 0 Å². The molecule has 2 rings (SSSR count). The topological polar surface area (TPSA) is 94.9 Å². The van der Waals surface area contributed by atoms with E-state index < -0.39 is 11.8 Å². The number of hydrogen-bond donors (Lipinski definition) is 2. The summed E-state index contributed by atoms with van der Waals surface area (Å²) in [5.41, 5.74) is 0.753. The first kappa shape index (κ1) is 14.5. The van der Waals surface area contributed by atoms with Gasteiger partial charge in [-0.05, 0) is 24.3 Å². The van der Waals surface area contributed by atoms with Crippen molar-refractivity contribution in [1.82, 2.24) is 4.98 Å². The average molecular weight is 301 g/mol. The van der Waals surface area contributed by atoms with Crippen LogP contribution in [0.2, 0.25) is 5.15 Å². The molecule has 6 nitrogen and oxygen atoms in total. The highest BCUT2D eigenvalue weighted by atomic mass is 35.5. The third kappa shape index (κ3) is 3.55. The molecule has 2 aromatic rings. The van der Waals surface area contributed by atoms with E-state index in [1.807, 2.05) is 6.07 Å². The number of para-hydroxylation sites is 1. The number of benzene rings is 1. The van der Waals surface area contributed by atoms with Crippen molar-refractivity contribution in [3.8, 4) is 6.07 Å². The maximum atomic E-state index is 11.8. The standard InChI is InChI=1S/C14H9ClN4O2/c15-12-11(6-3-7-17-12)19-14(21)13(20)18-10-5-2-1-4-9(10)8-16/h1-7H,(H,18,20)(H,19,21). The smallest absolute Gasteiger partial charge is 0.314 e. The van der Waals surface area contributed by atoms with E-state index in [9.17, 15) is 9.59 Å². The number of aromatic nitrogens is 1. The van der Waals surface area contributed by atoms with Crippen LogP contribution in [0.1, 0.15) is 5.56 Å². The summed E-state index contributed by atoms with van der Waals surface area (Å²) < 4.78 is 0. The largest absolute Gasteiger partial charge is 0.317 e. The van der Waals surface area contributed by atoms with Gasteiger partial charge in [0.25, 0.3) is 0 Å². The predicted molar refractivity (Wildman–Crippen MR) is 77.7 cm³/mol. The summed E-state index contributed by atoms with van der Waals surface area (Å²) in [6, 6.07) is 11.4. The van der Waals surface area contributed by atoms with Gasteiger partial charge in [0.05, 0.1) is 16.9 Å². The highest BCUT2D eigenvalue weighted by Crippen LogP contribution is 2.18. The maximum absolute atomic E-state index is 11.8. The first-order valence-corrected chi connectivity index (χ1v) is 6.21. The van der Waals surface area contributed by atoms with Crippen molar-refractivity contribution in [2.24, 2.45) is 0 Å². The van der Waals surface area contributed by atoms with Crippen molar-refractivity contribution in [2.75, 3.05) is 10.6 Å². The molecular formula is C14H9ClN4O2. The van der Waals surface area contributed by atoms with Gasteiger partial charge in [0.15, 0.2) is 5.15 Å². The molecule has 21 heavy (non-hydrogen) atoms. The number of carbonyl (C=O) groups is 2. The molecule has 0 aliphatic heterocycles. The Kier molecular flexibility index (Phi) is 4.49. The average Bonchev–Trinajstić information content (AvgIpc) is 2.50. The second-order valence-corrected chi connectivity index (χ2v) is 4.27. The highest BCUT2D eigenvalue weighted by Gasteiger charge is 2.16. The minimum absolute atomic E-state index is 0.0797. The molecule has 0 radical (unpaired) electrons. The van der Waals surface area contributed by atoms with E-state index in [0.29, 0.717) is 0 Å². The highest BCUT2D eigenvalue weighted by molar-refractivity contribution is 6.44. The lowest BCUT2D eigenvalue weighted by Gasteiger charge is -2.08. The van der Waals surface area contributed by atoms with E-state index in [4.69, 9.17) is 16.9 Å². The fraction of sp³-hybridized carbons (Fsp3) is 0. The van der Waals surface area contributed by atoms with E-state index in [-0.39, 0.29) is 22.1 Å². The zero-order valence-corrected chi connectivity index (χ0v) is 11.4. The fourth-order valence-electron chi connectivity index (χ4n) is 1.53. The lowest BCUT2D eigenvalue weighted by molar-refractivity contribution is -0.133. The number of amides is 2. The first-order valence-electron chi connectivity index (χ1n) is 5.84. The maximum Gasteiger partial charge on any atom is 0.314 e. The number of nitrogens with zero attached hydrogens (tertiary/aromatic N) is 2. The summed E-state index contributed by atoms with van der Waals surface area (Å²) in [5.74, 6) is -1.81. The summed E-state index contributed by atoms with van der Waals surface area (Å²) in [5, 5.41) is 13.7. The molecular weight excluding hydrogens is 292 g/mol. The van der Waals surface area contributed by atoms with Gasteiger partial charge in [0.1, 0.15) is 6.07 Å². The second kappa shape index (κ2) is 6.50. The van der Waals surface area contributed by atoms with Gasteiger partial charge in [-0.3, -0.25) is 9.59 Å². The third-order valence-corrected chi connectivity index (χ3v) is 2.81. The molecule has 2 N–H and O–H groups in total. The van der Waals surface area contributed by atoms with Crippen molar-refractivity contribution in [3.63, 3.8) is 0 Å². The Morgan fingerprint density at radius 3 is 2.33 bits per heavy atom. The molecule has 7 heteroatoms.